The molecule has 4 N–H and O–H groups in total. The maximum absolute atomic E-state index is 15.0. The standard InChI is InChI=1S/C28H32FN5O6.ClH/c29-19-14-30-20-3-5-24(38-11-1-10-35)34-25(20)18(19)12-22(36)28-8-6-27(7-9-28,16-40-28)31-13-17-2-4-21-26(32-17)33-23(37)15-39-21;/h2-5,14,22,31,35-36H,1,6-13,15-16H2,(H,32,33,37);1H/t22-,27?,28?;/m0./s1. The average Bonchev–Trinajstić information content (AvgIpc) is 2.98. The largest absolute Gasteiger partial charge is 0.480 e. The summed E-state index contributed by atoms with van der Waals surface area (Å²) in [6.07, 6.45) is 3.53. The first-order valence-electron chi connectivity index (χ1n) is 13.6. The molecule has 1 atom stereocenters. The third kappa shape index (κ3) is 5.93. The first-order chi connectivity index (χ1) is 19.4. The van der Waals surface area contributed by atoms with Crippen molar-refractivity contribution in [3.63, 3.8) is 0 Å². The van der Waals surface area contributed by atoms with E-state index < -0.39 is 17.5 Å². The molecule has 11 nitrogen and oxygen atoms in total. The third-order valence-electron chi connectivity index (χ3n) is 8.16. The van der Waals surface area contributed by atoms with E-state index in [4.69, 9.17) is 19.3 Å². The lowest BCUT2D eigenvalue weighted by Gasteiger charge is -2.55. The minimum Gasteiger partial charge on any atom is -0.480 e. The Bertz CT molecular complexity index is 1400. The zero-order valence-electron chi connectivity index (χ0n) is 22.4. The van der Waals surface area contributed by atoms with Gasteiger partial charge in [0.1, 0.15) is 5.82 Å². The topological polar surface area (TPSA) is 148 Å². The second-order valence-electron chi connectivity index (χ2n) is 10.7. The molecule has 0 radical (unpaired) electrons. The van der Waals surface area contributed by atoms with Crippen LogP contribution in [0.25, 0.3) is 11.0 Å². The van der Waals surface area contributed by atoms with Gasteiger partial charge in [-0.25, -0.2) is 14.4 Å². The molecule has 2 saturated heterocycles. The Kier molecular flexibility index (Phi) is 8.57. The van der Waals surface area contributed by atoms with Gasteiger partial charge in [-0.1, -0.05) is 0 Å². The van der Waals surface area contributed by atoms with Crippen molar-refractivity contribution in [3.8, 4) is 11.6 Å². The second kappa shape index (κ2) is 12.0. The number of halogens is 2. The molecule has 4 aliphatic rings. The van der Waals surface area contributed by atoms with Crippen molar-refractivity contribution in [1.82, 2.24) is 20.3 Å². The van der Waals surface area contributed by atoms with Crippen LogP contribution >= 0.6 is 12.4 Å². The molecule has 3 fully saturated rings. The number of rotatable bonds is 10. The lowest BCUT2D eigenvalue weighted by molar-refractivity contribution is -0.208. The number of anilines is 1. The number of aromatic nitrogens is 3. The normalized spacial score (nSPS) is 23.7. The van der Waals surface area contributed by atoms with E-state index in [0.717, 1.165) is 24.7 Å². The SMILES string of the molecule is Cl.O=C1COc2ccc(CNC34CCC([C@@H](O)Cc5c(F)cnc6ccc(OCCCO)nc56)(CC3)OC4)nc2N1. The number of nitrogens with zero attached hydrogens (tertiary/aromatic N) is 3. The van der Waals surface area contributed by atoms with Gasteiger partial charge in [0.15, 0.2) is 18.2 Å². The Morgan fingerprint density at radius 1 is 1.17 bits per heavy atom. The van der Waals surface area contributed by atoms with Crippen molar-refractivity contribution < 1.29 is 33.6 Å². The molecule has 41 heavy (non-hydrogen) atoms. The van der Waals surface area contributed by atoms with Crippen LogP contribution in [-0.4, -0.2) is 74.7 Å². The Balaban J connectivity index is 0.00000337. The molecule has 3 aromatic rings. The number of fused-ring (bicyclic) bond motifs is 5. The highest BCUT2D eigenvalue weighted by Crippen LogP contribution is 2.46. The van der Waals surface area contributed by atoms with Crippen LogP contribution in [0.3, 0.4) is 0 Å². The molecule has 0 spiro atoms. The second-order valence-corrected chi connectivity index (χ2v) is 10.7. The van der Waals surface area contributed by atoms with Crippen molar-refractivity contribution in [3.05, 3.63) is 47.5 Å². The summed E-state index contributed by atoms with van der Waals surface area (Å²) in [6, 6.07) is 7.04. The highest BCUT2D eigenvalue weighted by Gasteiger charge is 2.53. The van der Waals surface area contributed by atoms with Crippen molar-refractivity contribution in [1.29, 1.82) is 0 Å². The van der Waals surface area contributed by atoms with Gasteiger partial charge in [-0.2, -0.15) is 0 Å². The average molecular weight is 590 g/mol. The fourth-order valence-corrected chi connectivity index (χ4v) is 5.73. The van der Waals surface area contributed by atoms with E-state index in [0.29, 0.717) is 60.9 Å². The van der Waals surface area contributed by atoms with Crippen LogP contribution in [0.2, 0.25) is 0 Å². The van der Waals surface area contributed by atoms with Crippen LogP contribution in [-0.2, 0) is 22.5 Å². The summed E-state index contributed by atoms with van der Waals surface area (Å²) in [4.78, 5) is 24.7. The highest BCUT2D eigenvalue weighted by molar-refractivity contribution is 5.94. The summed E-state index contributed by atoms with van der Waals surface area (Å²) < 4.78 is 32.3. The number of ether oxygens (including phenoxy) is 3. The van der Waals surface area contributed by atoms with Gasteiger partial charge in [0.25, 0.3) is 5.91 Å². The molecule has 0 aromatic carbocycles. The number of carbonyl (C=O) groups is 1. The van der Waals surface area contributed by atoms with E-state index in [1.807, 2.05) is 6.07 Å². The van der Waals surface area contributed by atoms with Gasteiger partial charge in [0.05, 0.1) is 47.8 Å². The van der Waals surface area contributed by atoms with E-state index in [1.165, 1.54) is 0 Å². The number of aliphatic hydroxyl groups excluding tert-OH is 2. The van der Waals surface area contributed by atoms with Crippen molar-refractivity contribution >= 4 is 35.2 Å². The van der Waals surface area contributed by atoms with Gasteiger partial charge in [-0.15, -0.1) is 12.4 Å². The van der Waals surface area contributed by atoms with Crippen LogP contribution in [0.1, 0.15) is 43.4 Å². The molecule has 7 rings (SSSR count). The van der Waals surface area contributed by atoms with Crippen LogP contribution < -0.4 is 20.1 Å². The van der Waals surface area contributed by atoms with E-state index in [1.54, 1.807) is 18.2 Å². The maximum Gasteiger partial charge on any atom is 0.263 e. The minimum absolute atomic E-state index is 0. The van der Waals surface area contributed by atoms with Crippen molar-refractivity contribution in [2.45, 2.75) is 62.3 Å². The van der Waals surface area contributed by atoms with E-state index in [9.17, 15) is 14.3 Å². The zero-order valence-corrected chi connectivity index (χ0v) is 23.2. The van der Waals surface area contributed by atoms with Crippen LogP contribution in [0.15, 0.2) is 30.5 Å². The van der Waals surface area contributed by atoms with E-state index in [2.05, 4.69) is 25.6 Å². The Hall–Kier alpha value is -3.16. The predicted octanol–water partition coefficient (Wildman–Crippen LogP) is 2.45. The fourth-order valence-electron chi connectivity index (χ4n) is 5.73. The van der Waals surface area contributed by atoms with E-state index >= 15 is 0 Å². The van der Waals surface area contributed by atoms with E-state index in [-0.39, 0.29) is 55.7 Å². The number of aliphatic hydroxyl groups is 2. The predicted molar refractivity (Wildman–Crippen MR) is 149 cm³/mol. The molecule has 3 aromatic heterocycles. The monoisotopic (exact) mass is 589 g/mol. The van der Waals surface area contributed by atoms with Gasteiger partial charge >= 0.3 is 0 Å². The van der Waals surface area contributed by atoms with Gasteiger partial charge in [-0.05, 0) is 43.9 Å². The number of amides is 1. The summed E-state index contributed by atoms with van der Waals surface area (Å²) in [5.41, 5.74) is 0.877. The quantitative estimate of drug-likeness (QED) is 0.260. The Morgan fingerprint density at radius 2 is 2.00 bits per heavy atom. The first kappa shape index (κ1) is 29.3. The molecule has 2 bridgehead atoms. The molecular formula is C28H33ClFN5O6. The summed E-state index contributed by atoms with van der Waals surface area (Å²) in [5, 5.41) is 26.7. The molecule has 6 heterocycles. The molecule has 220 valence electrons. The molecule has 13 heteroatoms. The zero-order chi connectivity index (χ0) is 27.7. The summed E-state index contributed by atoms with van der Waals surface area (Å²) in [6.45, 7) is 1.18. The van der Waals surface area contributed by atoms with Gasteiger partial charge in [0, 0.05) is 43.2 Å². The number of hydrogen-bond donors (Lipinski definition) is 4. The smallest absolute Gasteiger partial charge is 0.263 e. The van der Waals surface area contributed by atoms with Crippen LogP contribution in [0, 0.1) is 5.82 Å². The molecule has 1 saturated carbocycles. The molecule has 1 aliphatic carbocycles. The first-order valence-corrected chi connectivity index (χ1v) is 13.6. The molecule has 1 amide bonds. The number of carbonyl (C=O) groups excluding carboxylic acids is 1. The summed E-state index contributed by atoms with van der Waals surface area (Å²) >= 11 is 0. The number of nitrogens with one attached hydrogen (secondary N) is 2. The van der Waals surface area contributed by atoms with Gasteiger partial charge in [-0.3, -0.25) is 9.78 Å². The lowest BCUT2D eigenvalue weighted by Crippen LogP contribution is -2.65. The molecule has 3 aliphatic heterocycles. The Morgan fingerprint density at radius 3 is 2.76 bits per heavy atom. The number of pyridine rings is 3. The van der Waals surface area contributed by atoms with Crippen LogP contribution in [0.5, 0.6) is 11.6 Å². The fraction of sp³-hybridized carbons (Fsp3) is 0.500. The van der Waals surface area contributed by atoms with Crippen LogP contribution in [0.4, 0.5) is 10.2 Å². The number of hydrogen-bond acceptors (Lipinski definition) is 10. The lowest BCUT2D eigenvalue weighted by atomic mass is 9.68. The summed E-state index contributed by atoms with van der Waals surface area (Å²) in [7, 11) is 0. The molecular weight excluding hydrogens is 557 g/mol. The Labute approximate surface area is 242 Å². The van der Waals surface area contributed by atoms with Gasteiger partial charge < -0.3 is 35.1 Å². The van der Waals surface area contributed by atoms with Crippen molar-refractivity contribution in [2.75, 3.05) is 31.7 Å². The third-order valence-corrected chi connectivity index (χ3v) is 8.16. The summed E-state index contributed by atoms with van der Waals surface area (Å²) in [5.74, 6) is 0.525. The maximum atomic E-state index is 15.0. The minimum atomic E-state index is -0.933. The molecule has 0 unspecified atom stereocenters. The van der Waals surface area contributed by atoms with Crippen molar-refractivity contribution in [2.24, 2.45) is 0 Å². The highest BCUT2D eigenvalue weighted by atomic mass is 35.5. The van der Waals surface area contributed by atoms with Gasteiger partial charge in [0.2, 0.25) is 5.88 Å².